The smallest absolute Gasteiger partial charge is 0.326 e. The number of rotatable bonds is 14. The zero-order valence-electron chi connectivity index (χ0n) is 22.6. The van der Waals surface area contributed by atoms with Crippen LogP contribution in [0, 0.1) is 17.8 Å². The molecule has 2 rings (SSSR count). The summed E-state index contributed by atoms with van der Waals surface area (Å²) in [4.78, 5) is 40.1. The van der Waals surface area contributed by atoms with Crippen LogP contribution in [0.2, 0.25) is 0 Å². The van der Waals surface area contributed by atoms with Gasteiger partial charge in [0.1, 0.15) is 6.04 Å². The Morgan fingerprint density at radius 2 is 1.78 bits per heavy atom. The Labute approximate surface area is 215 Å². The highest BCUT2D eigenvalue weighted by Crippen LogP contribution is 2.29. The van der Waals surface area contributed by atoms with Crippen molar-refractivity contribution in [2.75, 3.05) is 20.8 Å². The quantitative estimate of drug-likeness (QED) is 0.402. The van der Waals surface area contributed by atoms with Crippen LogP contribution < -0.4 is 5.32 Å². The zero-order valence-corrected chi connectivity index (χ0v) is 22.6. The summed E-state index contributed by atoms with van der Waals surface area (Å²) in [6.07, 6.45) is 2.32. The van der Waals surface area contributed by atoms with Gasteiger partial charge < -0.3 is 24.8 Å². The molecule has 1 aliphatic heterocycles. The van der Waals surface area contributed by atoms with Crippen molar-refractivity contribution < 1.29 is 29.0 Å². The summed E-state index contributed by atoms with van der Waals surface area (Å²) in [6.45, 7) is 8.77. The number of carboxylic acids is 1. The van der Waals surface area contributed by atoms with Crippen LogP contribution in [0.3, 0.4) is 0 Å². The van der Waals surface area contributed by atoms with Crippen molar-refractivity contribution in [3.8, 4) is 0 Å². The van der Waals surface area contributed by atoms with Crippen molar-refractivity contribution in [1.82, 2.24) is 10.2 Å². The van der Waals surface area contributed by atoms with Crippen LogP contribution in [0.25, 0.3) is 0 Å². The molecule has 7 atom stereocenters. The molecule has 0 aromatic heterocycles. The van der Waals surface area contributed by atoms with Crippen LogP contribution in [0.15, 0.2) is 30.3 Å². The van der Waals surface area contributed by atoms with E-state index >= 15 is 0 Å². The third kappa shape index (κ3) is 7.77. The fourth-order valence-electron chi connectivity index (χ4n) is 5.15. The highest BCUT2D eigenvalue weighted by Gasteiger charge is 2.41. The highest BCUT2D eigenvalue weighted by atomic mass is 16.5. The molecule has 8 nitrogen and oxygen atoms in total. The van der Waals surface area contributed by atoms with Gasteiger partial charge in [-0.3, -0.25) is 9.59 Å². The van der Waals surface area contributed by atoms with E-state index in [4.69, 9.17) is 9.47 Å². The maximum atomic E-state index is 13.3. The van der Waals surface area contributed by atoms with Gasteiger partial charge in [-0.05, 0) is 30.2 Å². The second-order valence-electron chi connectivity index (χ2n) is 10.1. The monoisotopic (exact) mass is 504 g/mol. The number of amides is 2. The number of nitrogens with one attached hydrogen (secondary N) is 1. The van der Waals surface area contributed by atoms with Crippen LogP contribution >= 0.6 is 0 Å². The Balaban J connectivity index is 2.09. The maximum absolute atomic E-state index is 13.3. The lowest BCUT2D eigenvalue weighted by molar-refractivity contribution is -0.145. The lowest BCUT2D eigenvalue weighted by Crippen LogP contribution is -2.52. The lowest BCUT2D eigenvalue weighted by Gasteiger charge is -2.35. The van der Waals surface area contributed by atoms with E-state index in [1.165, 1.54) is 7.11 Å². The van der Waals surface area contributed by atoms with Gasteiger partial charge >= 0.3 is 5.97 Å². The Morgan fingerprint density at radius 1 is 1.11 bits per heavy atom. The SMILES string of the molecule is CC[C@H](C)[C@H](C)C(CC(=O)N1CCCC1C(OC)[C@@H](C)C(=O)NC(Cc1ccccc1)C(=O)O)OC. The number of carbonyl (C=O) groups excluding carboxylic acids is 2. The van der Waals surface area contributed by atoms with E-state index in [1.807, 2.05) is 35.2 Å². The highest BCUT2D eigenvalue weighted by molar-refractivity contribution is 5.85. The molecule has 0 spiro atoms. The van der Waals surface area contributed by atoms with Crippen molar-refractivity contribution >= 4 is 17.8 Å². The van der Waals surface area contributed by atoms with Crippen molar-refractivity contribution in [2.45, 2.75) is 84.1 Å². The number of hydrogen-bond acceptors (Lipinski definition) is 5. The summed E-state index contributed by atoms with van der Waals surface area (Å²) < 4.78 is 11.4. The van der Waals surface area contributed by atoms with Gasteiger partial charge in [-0.15, -0.1) is 0 Å². The van der Waals surface area contributed by atoms with E-state index in [0.29, 0.717) is 12.5 Å². The van der Waals surface area contributed by atoms with Crippen LogP contribution in [0.1, 0.15) is 58.9 Å². The molecule has 2 amide bonds. The molecule has 202 valence electrons. The van der Waals surface area contributed by atoms with Gasteiger partial charge in [0, 0.05) is 27.2 Å². The van der Waals surface area contributed by atoms with Gasteiger partial charge in [0.25, 0.3) is 0 Å². The fourth-order valence-corrected chi connectivity index (χ4v) is 5.15. The average molecular weight is 505 g/mol. The minimum Gasteiger partial charge on any atom is -0.480 e. The van der Waals surface area contributed by atoms with Crippen LogP contribution in [0.5, 0.6) is 0 Å². The summed E-state index contributed by atoms with van der Waals surface area (Å²) in [7, 11) is 3.19. The summed E-state index contributed by atoms with van der Waals surface area (Å²) in [5.41, 5.74) is 0.827. The van der Waals surface area contributed by atoms with E-state index in [1.54, 1.807) is 14.0 Å². The van der Waals surface area contributed by atoms with E-state index < -0.39 is 29.9 Å². The molecule has 0 saturated carbocycles. The van der Waals surface area contributed by atoms with Crippen LogP contribution in [-0.4, -0.2) is 72.8 Å². The molecule has 4 unspecified atom stereocenters. The third-order valence-electron chi connectivity index (χ3n) is 7.88. The lowest BCUT2D eigenvalue weighted by atomic mass is 9.87. The first-order chi connectivity index (χ1) is 17.1. The number of carboxylic acid groups (broad SMARTS) is 1. The Kier molecular flexibility index (Phi) is 11.9. The second-order valence-corrected chi connectivity index (χ2v) is 10.1. The van der Waals surface area contributed by atoms with Crippen molar-refractivity contribution in [3.63, 3.8) is 0 Å². The van der Waals surface area contributed by atoms with Gasteiger partial charge in [0.2, 0.25) is 11.8 Å². The van der Waals surface area contributed by atoms with Gasteiger partial charge in [0.15, 0.2) is 0 Å². The standard InChI is InChI=1S/C28H44N2O6/c1-7-18(2)19(3)24(35-5)17-25(31)30-15-11-14-23(30)26(36-6)20(4)27(32)29-22(28(33)34)16-21-12-9-8-10-13-21/h8-10,12-13,18-20,22-24,26H,7,11,14-17H2,1-6H3,(H,29,32)(H,33,34)/t18-,19-,20+,22?,23?,24?,26?/m0/s1. The number of carbonyl (C=O) groups is 3. The second kappa shape index (κ2) is 14.3. The van der Waals surface area contributed by atoms with E-state index in [0.717, 1.165) is 24.8 Å². The predicted octanol–water partition coefficient (Wildman–Crippen LogP) is 3.53. The number of methoxy groups -OCH3 is 2. The van der Waals surface area contributed by atoms with Crippen molar-refractivity contribution in [2.24, 2.45) is 17.8 Å². The Bertz CT molecular complexity index is 848. The molecule has 36 heavy (non-hydrogen) atoms. The van der Waals surface area contributed by atoms with E-state index in [2.05, 4.69) is 26.1 Å². The number of nitrogens with zero attached hydrogens (tertiary/aromatic N) is 1. The van der Waals surface area contributed by atoms with Crippen LogP contribution in [-0.2, 0) is 30.3 Å². The topological polar surface area (TPSA) is 105 Å². The number of aliphatic carboxylic acids is 1. The van der Waals surface area contributed by atoms with E-state index in [9.17, 15) is 19.5 Å². The number of benzene rings is 1. The Morgan fingerprint density at radius 3 is 2.33 bits per heavy atom. The maximum Gasteiger partial charge on any atom is 0.326 e. The molecule has 1 heterocycles. The molecule has 2 N–H and O–H groups in total. The molecule has 0 aliphatic carbocycles. The molecule has 0 radical (unpaired) electrons. The number of ether oxygens (including phenoxy) is 2. The molecule has 1 fully saturated rings. The van der Waals surface area contributed by atoms with Gasteiger partial charge in [0.05, 0.1) is 30.6 Å². The van der Waals surface area contributed by atoms with Crippen LogP contribution in [0.4, 0.5) is 0 Å². The molecular weight excluding hydrogens is 460 g/mol. The first kappa shape index (κ1) is 29.8. The largest absolute Gasteiger partial charge is 0.480 e. The Hall–Kier alpha value is -2.45. The van der Waals surface area contributed by atoms with Crippen molar-refractivity contribution in [3.05, 3.63) is 35.9 Å². The minimum atomic E-state index is -1.09. The zero-order chi connectivity index (χ0) is 26.8. The molecule has 1 aromatic rings. The molecule has 1 aromatic carbocycles. The first-order valence-corrected chi connectivity index (χ1v) is 13.1. The summed E-state index contributed by atoms with van der Waals surface area (Å²) in [5.74, 6) is -1.45. The van der Waals surface area contributed by atoms with E-state index in [-0.39, 0.29) is 36.8 Å². The molecule has 0 bridgehead atoms. The number of likely N-dealkylation sites (tertiary alicyclic amines) is 1. The summed E-state index contributed by atoms with van der Waals surface area (Å²) in [5, 5.41) is 12.4. The average Bonchev–Trinajstić information content (AvgIpc) is 3.36. The number of hydrogen-bond donors (Lipinski definition) is 2. The van der Waals surface area contributed by atoms with Crippen molar-refractivity contribution in [1.29, 1.82) is 0 Å². The van der Waals surface area contributed by atoms with Gasteiger partial charge in [-0.25, -0.2) is 4.79 Å². The van der Waals surface area contributed by atoms with Gasteiger partial charge in [-0.2, -0.15) is 0 Å². The summed E-state index contributed by atoms with van der Waals surface area (Å²) in [6, 6.07) is 7.90. The first-order valence-electron chi connectivity index (χ1n) is 13.1. The summed E-state index contributed by atoms with van der Waals surface area (Å²) >= 11 is 0. The minimum absolute atomic E-state index is 0.00153. The third-order valence-corrected chi connectivity index (χ3v) is 7.88. The molecular formula is C28H44N2O6. The molecule has 1 saturated heterocycles. The normalized spacial score (nSPS) is 20.7. The predicted molar refractivity (Wildman–Crippen MR) is 138 cm³/mol. The molecule has 8 heteroatoms. The fraction of sp³-hybridized carbons (Fsp3) is 0.679. The molecule has 1 aliphatic rings. The van der Waals surface area contributed by atoms with Gasteiger partial charge in [-0.1, -0.05) is 64.4 Å².